The number of anilines is 1. The van der Waals surface area contributed by atoms with Gasteiger partial charge < -0.3 is 4.90 Å². The Labute approximate surface area is 137 Å². The fraction of sp³-hybridized carbons (Fsp3) is 0.588. The lowest BCUT2D eigenvalue weighted by molar-refractivity contribution is 0.205. The first-order valence-corrected chi connectivity index (χ1v) is 8.48. The van der Waals surface area contributed by atoms with Crippen LogP contribution in [-0.4, -0.2) is 57.6 Å². The van der Waals surface area contributed by atoms with Crippen molar-refractivity contribution in [1.29, 1.82) is 0 Å². The predicted octanol–water partition coefficient (Wildman–Crippen LogP) is 1.06. The van der Waals surface area contributed by atoms with Crippen LogP contribution in [0, 0.1) is 0 Å². The van der Waals surface area contributed by atoms with Crippen LogP contribution in [0.5, 0.6) is 0 Å². The maximum atomic E-state index is 4.41. The summed E-state index contributed by atoms with van der Waals surface area (Å²) in [7, 11) is 4.22. The van der Waals surface area contributed by atoms with Gasteiger partial charge in [0.15, 0.2) is 5.82 Å². The molecular formula is C17H24N6. The molecule has 1 saturated heterocycles. The monoisotopic (exact) mass is 312 g/mol. The van der Waals surface area contributed by atoms with Crippen LogP contribution in [0.15, 0.2) is 18.3 Å². The Morgan fingerprint density at radius 2 is 2.13 bits per heavy atom. The number of fused-ring (bicyclic) bond motifs is 1. The van der Waals surface area contributed by atoms with Gasteiger partial charge in [-0.05, 0) is 44.0 Å². The maximum Gasteiger partial charge on any atom is 0.151 e. The van der Waals surface area contributed by atoms with Crippen molar-refractivity contribution in [1.82, 2.24) is 24.9 Å². The van der Waals surface area contributed by atoms with E-state index in [0.717, 1.165) is 38.3 Å². The second-order valence-electron chi connectivity index (χ2n) is 6.76. The Balaban J connectivity index is 1.30. The van der Waals surface area contributed by atoms with Crippen molar-refractivity contribution in [3.05, 3.63) is 35.3 Å². The van der Waals surface area contributed by atoms with Crippen molar-refractivity contribution in [2.75, 3.05) is 31.6 Å². The van der Waals surface area contributed by atoms with Gasteiger partial charge in [0.2, 0.25) is 0 Å². The summed E-state index contributed by atoms with van der Waals surface area (Å²) < 4.78 is 1.96. The molecule has 0 N–H and O–H groups in total. The first-order chi connectivity index (χ1) is 11.2. The first kappa shape index (κ1) is 14.6. The van der Waals surface area contributed by atoms with E-state index in [1.807, 2.05) is 17.9 Å². The topological polar surface area (TPSA) is 50.1 Å². The molecule has 2 aliphatic rings. The number of hydrogen-bond acceptors (Lipinski definition) is 5. The molecule has 4 rings (SSSR count). The van der Waals surface area contributed by atoms with E-state index in [1.165, 1.54) is 29.8 Å². The third-order valence-electron chi connectivity index (χ3n) is 5.26. The molecule has 6 nitrogen and oxygen atoms in total. The minimum atomic E-state index is 0.610. The van der Waals surface area contributed by atoms with Gasteiger partial charge in [-0.1, -0.05) is 0 Å². The van der Waals surface area contributed by atoms with Gasteiger partial charge in [-0.3, -0.25) is 9.58 Å². The van der Waals surface area contributed by atoms with E-state index in [4.69, 9.17) is 0 Å². The molecule has 1 fully saturated rings. The minimum absolute atomic E-state index is 0.610. The van der Waals surface area contributed by atoms with E-state index >= 15 is 0 Å². The maximum absolute atomic E-state index is 4.41. The van der Waals surface area contributed by atoms with Crippen LogP contribution in [0.1, 0.15) is 23.4 Å². The Morgan fingerprint density at radius 3 is 2.91 bits per heavy atom. The molecule has 0 spiro atoms. The molecule has 2 aromatic rings. The van der Waals surface area contributed by atoms with Crippen LogP contribution in [0.4, 0.5) is 5.82 Å². The van der Waals surface area contributed by atoms with Crippen LogP contribution < -0.4 is 4.90 Å². The summed E-state index contributed by atoms with van der Waals surface area (Å²) in [6.07, 6.45) is 6.41. The van der Waals surface area contributed by atoms with Crippen molar-refractivity contribution in [2.45, 2.75) is 31.7 Å². The number of hydrogen-bond donors (Lipinski definition) is 0. The van der Waals surface area contributed by atoms with Gasteiger partial charge in [0, 0.05) is 51.0 Å². The number of nitrogens with zero attached hydrogens (tertiary/aromatic N) is 6. The molecule has 3 heterocycles. The zero-order chi connectivity index (χ0) is 15.8. The van der Waals surface area contributed by atoms with Crippen LogP contribution in [-0.2, 0) is 26.3 Å². The second kappa shape index (κ2) is 5.92. The largest absolute Gasteiger partial charge is 0.352 e. The highest BCUT2D eigenvalue weighted by atomic mass is 15.4. The van der Waals surface area contributed by atoms with Crippen molar-refractivity contribution in [3.8, 4) is 0 Å². The van der Waals surface area contributed by atoms with Crippen molar-refractivity contribution < 1.29 is 0 Å². The molecule has 0 amide bonds. The lowest BCUT2D eigenvalue weighted by Gasteiger charge is -2.44. The summed E-state index contributed by atoms with van der Waals surface area (Å²) >= 11 is 0. The number of likely N-dealkylation sites (N-methyl/N-ethyl adjacent to an activating group) is 1. The van der Waals surface area contributed by atoms with Crippen molar-refractivity contribution in [3.63, 3.8) is 0 Å². The quantitative estimate of drug-likeness (QED) is 0.826. The van der Waals surface area contributed by atoms with Gasteiger partial charge in [0.05, 0.1) is 5.69 Å². The molecule has 0 atom stereocenters. The molecule has 6 heteroatoms. The summed E-state index contributed by atoms with van der Waals surface area (Å²) in [4.78, 5) is 4.79. The Bertz CT molecular complexity index is 688. The molecular weight excluding hydrogens is 288 g/mol. The van der Waals surface area contributed by atoms with Crippen molar-refractivity contribution in [2.24, 2.45) is 7.05 Å². The smallest absolute Gasteiger partial charge is 0.151 e. The summed E-state index contributed by atoms with van der Waals surface area (Å²) in [5.41, 5.74) is 3.90. The molecule has 0 aromatic carbocycles. The van der Waals surface area contributed by atoms with Gasteiger partial charge in [0.1, 0.15) is 0 Å². The standard InChI is InChI=1S/C17H24N6/c1-21(9-7-14-6-8-18-22(14)2)15-11-23(12-15)17-10-13-4-3-5-16(13)19-20-17/h6,8,10,15H,3-5,7,9,11-12H2,1-2H3. The Morgan fingerprint density at radius 1 is 1.26 bits per heavy atom. The summed E-state index contributed by atoms with van der Waals surface area (Å²) in [6.45, 7) is 3.17. The predicted molar refractivity (Wildman–Crippen MR) is 89.6 cm³/mol. The van der Waals surface area contributed by atoms with Gasteiger partial charge in [-0.15, -0.1) is 5.10 Å². The SMILES string of the molecule is CN(CCc1ccnn1C)C1CN(c2cc3c(nn2)CCC3)C1. The molecule has 0 radical (unpaired) electrons. The molecule has 1 aliphatic carbocycles. The van der Waals surface area contributed by atoms with E-state index in [2.05, 4.69) is 44.3 Å². The van der Waals surface area contributed by atoms with Crippen LogP contribution in [0.25, 0.3) is 0 Å². The van der Waals surface area contributed by atoms with E-state index in [-0.39, 0.29) is 0 Å². The highest BCUT2D eigenvalue weighted by Gasteiger charge is 2.31. The molecule has 122 valence electrons. The van der Waals surface area contributed by atoms with Gasteiger partial charge in [-0.25, -0.2) is 0 Å². The Hall–Kier alpha value is -1.95. The molecule has 0 unspecified atom stereocenters. The minimum Gasteiger partial charge on any atom is -0.352 e. The fourth-order valence-corrected chi connectivity index (χ4v) is 3.51. The zero-order valence-electron chi connectivity index (χ0n) is 13.9. The molecule has 0 bridgehead atoms. The first-order valence-electron chi connectivity index (χ1n) is 8.48. The molecule has 2 aromatic heterocycles. The second-order valence-corrected chi connectivity index (χ2v) is 6.76. The van der Waals surface area contributed by atoms with Crippen molar-refractivity contribution >= 4 is 5.82 Å². The molecule has 1 aliphatic heterocycles. The average molecular weight is 312 g/mol. The molecule has 0 saturated carbocycles. The number of aryl methyl sites for hydroxylation is 3. The average Bonchev–Trinajstić information content (AvgIpc) is 3.11. The highest BCUT2D eigenvalue weighted by Crippen LogP contribution is 2.26. The van der Waals surface area contributed by atoms with Crippen LogP contribution in [0.2, 0.25) is 0 Å². The third kappa shape index (κ3) is 2.83. The number of rotatable bonds is 5. The summed E-state index contributed by atoms with van der Waals surface area (Å²) in [5.74, 6) is 1.06. The third-order valence-corrected chi connectivity index (χ3v) is 5.26. The van der Waals surface area contributed by atoms with E-state index in [9.17, 15) is 0 Å². The van der Waals surface area contributed by atoms with Gasteiger partial charge in [0.25, 0.3) is 0 Å². The van der Waals surface area contributed by atoms with Gasteiger partial charge in [-0.2, -0.15) is 10.2 Å². The fourth-order valence-electron chi connectivity index (χ4n) is 3.51. The van der Waals surface area contributed by atoms with E-state index in [1.54, 1.807) is 0 Å². The highest BCUT2D eigenvalue weighted by molar-refractivity contribution is 5.45. The van der Waals surface area contributed by atoms with Crippen LogP contribution >= 0.6 is 0 Å². The zero-order valence-corrected chi connectivity index (χ0v) is 13.9. The normalized spacial score (nSPS) is 17.6. The lowest BCUT2D eigenvalue weighted by atomic mass is 10.1. The summed E-state index contributed by atoms with van der Waals surface area (Å²) in [6, 6.07) is 4.96. The van der Waals surface area contributed by atoms with Gasteiger partial charge >= 0.3 is 0 Å². The van der Waals surface area contributed by atoms with E-state index < -0.39 is 0 Å². The van der Waals surface area contributed by atoms with E-state index in [0.29, 0.717) is 6.04 Å². The van der Waals surface area contributed by atoms with Crippen LogP contribution in [0.3, 0.4) is 0 Å². The Kier molecular flexibility index (Phi) is 3.77. The molecule has 23 heavy (non-hydrogen) atoms. The number of aromatic nitrogens is 4. The lowest BCUT2D eigenvalue weighted by Crippen LogP contribution is -2.59. The summed E-state index contributed by atoms with van der Waals surface area (Å²) in [5, 5.41) is 13.0.